The molecule has 0 unspecified atom stereocenters. The number of aromatic nitrogens is 1. The molecule has 1 fully saturated rings. The van der Waals surface area contributed by atoms with Crippen molar-refractivity contribution in [1.29, 1.82) is 0 Å². The molecule has 1 aromatic carbocycles. The molecule has 0 amide bonds. The Balaban J connectivity index is 1.87. The molecule has 0 N–H and O–H groups in total. The maximum Gasteiger partial charge on any atom is 0.186 e. The number of thiazole rings is 1. The van der Waals surface area contributed by atoms with E-state index in [1.54, 1.807) is 25.6 Å². The summed E-state index contributed by atoms with van der Waals surface area (Å²) in [5, 5.41) is 1.05. The second-order valence-electron chi connectivity index (χ2n) is 4.42. The first-order valence-corrected chi connectivity index (χ1v) is 6.79. The number of methoxy groups -OCH3 is 2. The summed E-state index contributed by atoms with van der Waals surface area (Å²) in [5.74, 6) is 0. The van der Waals surface area contributed by atoms with Gasteiger partial charge >= 0.3 is 0 Å². The van der Waals surface area contributed by atoms with E-state index in [1.165, 1.54) is 4.70 Å². The molecule has 2 aromatic rings. The summed E-state index contributed by atoms with van der Waals surface area (Å²) >= 11 is 1.72. The highest BCUT2D eigenvalue weighted by molar-refractivity contribution is 7.22. The summed E-state index contributed by atoms with van der Waals surface area (Å²) in [6, 6.07) is 8.22. The van der Waals surface area contributed by atoms with Crippen LogP contribution in [0, 0.1) is 0 Å². The fourth-order valence-corrected chi connectivity index (χ4v) is 3.33. The van der Waals surface area contributed by atoms with Gasteiger partial charge < -0.3 is 14.4 Å². The van der Waals surface area contributed by atoms with Gasteiger partial charge in [-0.05, 0) is 12.1 Å². The smallest absolute Gasteiger partial charge is 0.186 e. The summed E-state index contributed by atoms with van der Waals surface area (Å²) < 4.78 is 12.1. The Morgan fingerprint density at radius 2 is 1.83 bits per heavy atom. The predicted octanol–water partition coefficient (Wildman–Crippen LogP) is 2.15. The van der Waals surface area contributed by atoms with Gasteiger partial charge in [0.15, 0.2) is 5.13 Å². The molecule has 4 nitrogen and oxygen atoms in total. The third kappa shape index (κ3) is 1.98. The zero-order chi connectivity index (χ0) is 12.5. The average molecular weight is 264 g/mol. The molecule has 0 aliphatic carbocycles. The van der Waals surface area contributed by atoms with E-state index in [0.29, 0.717) is 0 Å². The molecule has 1 aromatic heterocycles. The van der Waals surface area contributed by atoms with Gasteiger partial charge in [0.05, 0.1) is 10.2 Å². The number of nitrogens with zero attached hydrogens (tertiary/aromatic N) is 2. The quantitative estimate of drug-likeness (QED) is 0.851. The fourth-order valence-electron chi connectivity index (χ4n) is 2.35. The van der Waals surface area contributed by atoms with Crippen molar-refractivity contribution in [1.82, 2.24) is 4.98 Å². The predicted molar refractivity (Wildman–Crippen MR) is 73.4 cm³/mol. The molecule has 1 aliphatic rings. The number of hydrogen-bond acceptors (Lipinski definition) is 5. The lowest BCUT2D eigenvalue weighted by molar-refractivity contribution is -0.00461. The number of anilines is 1. The Kier molecular flexibility index (Phi) is 3.20. The number of rotatable bonds is 3. The van der Waals surface area contributed by atoms with Crippen molar-refractivity contribution in [2.24, 2.45) is 0 Å². The molecule has 1 aliphatic heterocycles. The Bertz CT molecular complexity index is 498. The van der Waals surface area contributed by atoms with Crippen molar-refractivity contribution in [3.8, 4) is 0 Å². The standard InChI is InChI=1S/C13H16N2O2S/c1-16-10-7-15(8-11(10)17-2)13-14-9-5-3-4-6-12(9)18-13/h3-6,10-11H,7-8H2,1-2H3/t10-,11+. The van der Waals surface area contributed by atoms with E-state index in [0.717, 1.165) is 23.7 Å². The van der Waals surface area contributed by atoms with Gasteiger partial charge in [-0.15, -0.1) is 0 Å². The van der Waals surface area contributed by atoms with Crippen LogP contribution in [-0.2, 0) is 9.47 Å². The van der Waals surface area contributed by atoms with Crippen molar-refractivity contribution in [3.05, 3.63) is 24.3 Å². The van der Waals surface area contributed by atoms with E-state index in [-0.39, 0.29) is 12.2 Å². The molecule has 0 radical (unpaired) electrons. The molecule has 2 atom stereocenters. The molecular formula is C13H16N2O2S. The van der Waals surface area contributed by atoms with Gasteiger partial charge in [-0.25, -0.2) is 4.98 Å². The summed E-state index contributed by atoms with van der Waals surface area (Å²) in [6.45, 7) is 1.68. The lowest BCUT2D eigenvalue weighted by Crippen LogP contribution is -2.27. The number of para-hydroxylation sites is 1. The van der Waals surface area contributed by atoms with Gasteiger partial charge in [-0.2, -0.15) is 0 Å². The van der Waals surface area contributed by atoms with Crippen molar-refractivity contribution in [2.45, 2.75) is 12.2 Å². The van der Waals surface area contributed by atoms with Crippen LogP contribution in [0.25, 0.3) is 10.2 Å². The highest BCUT2D eigenvalue weighted by Gasteiger charge is 2.34. The number of ether oxygens (including phenoxy) is 2. The largest absolute Gasteiger partial charge is 0.377 e. The van der Waals surface area contributed by atoms with Crippen molar-refractivity contribution in [3.63, 3.8) is 0 Å². The van der Waals surface area contributed by atoms with Crippen LogP contribution in [0.5, 0.6) is 0 Å². The van der Waals surface area contributed by atoms with Gasteiger partial charge in [0.1, 0.15) is 12.2 Å². The summed E-state index contributed by atoms with van der Waals surface area (Å²) in [4.78, 5) is 6.91. The van der Waals surface area contributed by atoms with Crippen molar-refractivity contribution >= 4 is 26.7 Å². The van der Waals surface area contributed by atoms with Crippen LogP contribution in [0.4, 0.5) is 5.13 Å². The first-order chi connectivity index (χ1) is 8.81. The zero-order valence-electron chi connectivity index (χ0n) is 10.5. The molecule has 18 heavy (non-hydrogen) atoms. The van der Waals surface area contributed by atoms with Gasteiger partial charge in [-0.1, -0.05) is 23.5 Å². The topological polar surface area (TPSA) is 34.6 Å². The second kappa shape index (κ2) is 4.84. The van der Waals surface area contributed by atoms with Crippen LogP contribution in [0.2, 0.25) is 0 Å². The van der Waals surface area contributed by atoms with Gasteiger partial charge in [0, 0.05) is 27.3 Å². The molecule has 1 saturated heterocycles. The van der Waals surface area contributed by atoms with Gasteiger partial charge in [0.2, 0.25) is 0 Å². The van der Waals surface area contributed by atoms with Crippen LogP contribution in [0.15, 0.2) is 24.3 Å². The highest BCUT2D eigenvalue weighted by atomic mass is 32.1. The highest BCUT2D eigenvalue weighted by Crippen LogP contribution is 2.31. The van der Waals surface area contributed by atoms with E-state index >= 15 is 0 Å². The maximum atomic E-state index is 5.45. The minimum absolute atomic E-state index is 0.127. The van der Waals surface area contributed by atoms with Gasteiger partial charge in [0.25, 0.3) is 0 Å². The van der Waals surface area contributed by atoms with E-state index in [9.17, 15) is 0 Å². The van der Waals surface area contributed by atoms with Crippen molar-refractivity contribution < 1.29 is 9.47 Å². The minimum Gasteiger partial charge on any atom is -0.377 e. The molecule has 96 valence electrons. The first kappa shape index (κ1) is 11.9. The van der Waals surface area contributed by atoms with E-state index < -0.39 is 0 Å². The fraction of sp³-hybridized carbons (Fsp3) is 0.462. The van der Waals surface area contributed by atoms with Crippen LogP contribution < -0.4 is 4.90 Å². The molecule has 5 heteroatoms. The van der Waals surface area contributed by atoms with E-state index in [2.05, 4.69) is 16.0 Å². The lowest BCUT2D eigenvalue weighted by atomic mass is 10.3. The minimum atomic E-state index is 0.127. The van der Waals surface area contributed by atoms with Crippen LogP contribution >= 0.6 is 11.3 Å². The molecular weight excluding hydrogens is 248 g/mol. The summed E-state index contributed by atoms with van der Waals surface area (Å²) in [5.41, 5.74) is 1.06. The third-order valence-electron chi connectivity index (χ3n) is 3.37. The molecule has 0 spiro atoms. The number of hydrogen-bond donors (Lipinski definition) is 0. The third-order valence-corrected chi connectivity index (χ3v) is 4.47. The maximum absolute atomic E-state index is 5.45. The van der Waals surface area contributed by atoms with Crippen LogP contribution in [0.1, 0.15) is 0 Å². The lowest BCUT2D eigenvalue weighted by Gasteiger charge is -2.13. The van der Waals surface area contributed by atoms with E-state index in [4.69, 9.17) is 9.47 Å². The van der Waals surface area contributed by atoms with Crippen LogP contribution in [0.3, 0.4) is 0 Å². The monoisotopic (exact) mass is 264 g/mol. The SMILES string of the molecule is CO[C@H]1CN(c2nc3ccccc3s2)C[C@H]1OC. The number of fused-ring (bicyclic) bond motifs is 1. The zero-order valence-corrected chi connectivity index (χ0v) is 11.3. The molecule has 0 saturated carbocycles. The summed E-state index contributed by atoms with van der Waals surface area (Å²) in [7, 11) is 3.47. The summed E-state index contributed by atoms with van der Waals surface area (Å²) in [6.07, 6.45) is 0.254. The van der Waals surface area contributed by atoms with E-state index in [1.807, 2.05) is 18.2 Å². The Morgan fingerprint density at radius 1 is 1.17 bits per heavy atom. The average Bonchev–Trinajstić information content (AvgIpc) is 3.01. The Labute approximate surface area is 110 Å². The van der Waals surface area contributed by atoms with Crippen LogP contribution in [-0.4, -0.2) is 44.5 Å². The van der Waals surface area contributed by atoms with Crippen molar-refractivity contribution in [2.75, 3.05) is 32.2 Å². The molecule has 3 rings (SSSR count). The number of benzene rings is 1. The second-order valence-corrected chi connectivity index (χ2v) is 5.43. The first-order valence-electron chi connectivity index (χ1n) is 5.98. The molecule has 0 bridgehead atoms. The van der Waals surface area contributed by atoms with Gasteiger partial charge in [-0.3, -0.25) is 0 Å². The Morgan fingerprint density at radius 3 is 2.44 bits per heavy atom. The molecule has 2 heterocycles. The normalized spacial score (nSPS) is 24.0. The Hall–Kier alpha value is -1.17.